The number of esters is 1. The molecule has 0 aliphatic rings. The summed E-state index contributed by atoms with van der Waals surface area (Å²) in [6, 6.07) is 9.65. The van der Waals surface area contributed by atoms with Gasteiger partial charge >= 0.3 is 5.97 Å². The van der Waals surface area contributed by atoms with E-state index in [0.29, 0.717) is 0 Å². The molecule has 0 N–H and O–H groups in total. The topological polar surface area (TPSA) is 26.3 Å². The minimum atomic E-state index is -0.239. The molecule has 14 heavy (non-hydrogen) atoms. The number of rotatable bonds is 4. The molecule has 0 saturated carbocycles. The fourth-order valence-electron chi connectivity index (χ4n) is 1.16. The number of benzene rings is 1. The molecule has 1 rings (SSSR count). The van der Waals surface area contributed by atoms with Gasteiger partial charge in [-0.3, -0.25) is 4.79 Å². The van der Waals surface area contributed by atoms with E-state index in [0.717, 1.165) is 5.56 Å². The summed E-state index contributed by atoms with van der Waals surface area (Å²) in [7, 11) is 0. The molecule has 1 aromatic carbocycles. The second kappa shape index (κ2) is 5.22. The highest BCUT2D eigenvalue weighted by Gasteiger charge is 2.09. The van der Waals surface area contributed by atoms with E-state index in [-0.39, 0.29) is 18.5 Å². The van der Waals surface area contributed by atoms with Crippen LogP contribution in [0.5, 0.6) is 0 Å². The summed E-state index contributed by atoms with van der Waals surface area (Å²) in [6.45, 7) is 5.34. The van der Waals surface area contributed by atoms with Crippen molar-refractivity contribution in [2.24, 2.45) is 0 Å². The first-order valence-corrected chi connectivity index (χ1v) is 4.59. The van der Waals surface area contributed by atoms with Crippen molar-refractivity contribution in [3.8, 4) is 0 Å². The first kappa shape index (κ1) is 10.5. The standard InChI is InChI=1S/C12H14O2/c1-3-7-12(13)14-10(2)11-8-5-4-6-9-11/h3-6,8-10H,1,7H2,2H3. The normalized spacial score (nSPS) is 11.8. The van der Waals surface area contributed by atoms with Crippen molar-refractivity contribution in [3.63, 3.8) is 0 Å². The lowest BCUT2D eigenvalue weighted by molar-refractivity contribution is -0.147. The first-order chi connectivity index (χ1) is 6.74. The van der Waals surface area contributed by atoms with Gasteiger partial charge in [-0.1, -0.05) is 36.4 Å². The second-order valence-corrected chi connectivity index (χ2v) is 3.04. The predicted molar refractivity (Wildman–Crippen MR) is 55.8 cm³/mol. The monoisotopic (exact) mass is 190 g/mol. The Kier molecular flexibility index (Phi) is 3.92. The zero-order valence-electron chi connectivity index (χ0n) is 8.27. The molecule has 0 heterocycles. The van der Waals surface area contributed by atoms with Crippen LogP contribution in [-0.4, -0.2) is 5.97 Å². The summed E-state index contributed by atoms with van der Waals surface area (Å²) in [6.07, 6.45) is 1.61. The van der Waals surface area contributed by atoms with Gasteiger partial charge in [-0.2, -0.15) is 0 Å². The summed E-state index contributed by atoms with van der Waals surface area (Å²) < 4.78 is 5.17. The van der Waals surface area contributed by atoms with Crippen LogP contribution in [-0.2, 0) is 9.53 Å². The SMILES string of the molecule is C=CCC(=O)OC(C)c1ccccc1. The lowest BCUT2D eigenvalue weighted by Gasteiger charge is -2.12. The minimum Gasteiger partial charge on any atom is -0.458 e. The third kappa shape index (κ3) is 3.05. The molecule has 0 fully saturated rings. The van der Waals surface area contributed by atoms with Gasteiger partial charge in [-0.15, -0.1) is 6.58 Å². The molecule has 0 aliphatic heterocycles. The van der Waals surface area contributed by atoms with Crippen molar-refractivity contribution < 1.29 is 9.53 Å². The quantitative estimate of drug-likeness (QED) is 0.539. The van der Waals surface area contributed by atoms with E-state index in [2.05, 4.69) is 6.58 Å². The first-order valence-electron chi connectivity index (χ1n) is 4.59. The van der Waals surface area contributed by atoms with Gasteiger partial charge in [0.25, 0.3) is 0 Å². The zero-order chi connectivity index (χ0) is 10.4. The fourth-order valence-corrected chi connectivity index (χ4v) is 1.16. The van der Waals surface area contributed by atoms with Gasteiger partial charge in [-0.25, -0.2) is 0 Å². The molecule has 0 amide bonds. The average Bonchev–Trinajstić information content (AvgIpc) is 2.19. The Morgan fingerprint density at radius 3 is 2.71 bits per heavy atom. The third-order valence-corrected chi connectivity index (χ3v) is 1.89. The molecule has 74 valence electrons. The molecule has 2 heteroatoms. The number of carbonyl (C=O) groups is 1. The Hall–Kier alpha value is -1.57. The predicted octanol–water partition coefficient (Wildman–Crippen LogP) is 2.87. The van der Waals surface area contributed by atoms with Crippen LogP contribution in [0.15, 0.2) is 43.0 Å². The van der Waals surface area contributed by atoms with Crippen LogP contribution in [0.25, 0.3) is 0 Å². The molecular weight excluding hydrogens is 176 g/mol. The molecule has 0 spiro atoms. The maximum atomic E-state index is 11.1. The van der Waals surface area contributed by atoms with E-state index in [9.17, 15) is 4.79 Å². The lowest BCUT2D eigenvalue weighted by Crippen LogP contribution is -2.07. The number of hydrogen-bond acceptors (Lipinski definition) is 2. The van der Waals surface area contributed by atoms with Crippen molar-refractivity contribution in [1.82, 2.24) is 0 Å². The highest BCUT2D eigenvalue weighted by Crippen LogP contribution is 2.16. The van der Waals surface area contributed by atoms with Crippen LogP contribution in [0.4, 0.5) is 0 Å². The molecule has 1 unspecified atom stereocenters. The largest absolute Gasteiger partial charge is 0.458 e. The van der Waals surface area contributed by atoms with E-state index in [4.69, 9.17) is 4.74 Å². The molecule has 0 aliphatic carbocycles. The molecule has 2 nitrogen and oxygen atoms in total. The molecule has 1 atom stereocenters. The van der Waals surface area contributed by atoms with Crippen molar-refractivity contribution in [3.05, 3.63) is 48.6 Å². The van der Waals surface area contributed by atoms with Gasteiger partial charge in [0, 0.05) is 0 Å². The molecule has 0 aromatic heterocycles. The summed E-state index contributed by atoms with van der Waals surface area (Å²) in [5.74, 6) is -0.239. The lowest BCUT2D eigenvalue weighted by atomic mass is 10.1. The summed E-state index contributed by atoms with van der Waals surface area (Å²) >= 11 is 0. The van der Waals surface area contributed by atoms with Gasteiger partial charge in [0.1, 0.15) is 6.10 Å². The molecular formula is C12H14O2. The van der Waals surface area contributed by atoms with Crippen LogP contribution < -0.4 is 0 Å². The van der Waals surface area contributed by atoms with Gasteiger partial charge in [0.05, 0.1) is 6.42 Å². The van der Waals surface area contributed by atoms with Crippen LogP contribution in [0.2, 0.25) is 0 Å². The van der Waals surface area contributed by atoms with Crippen molar-refractivity contribution in [1.29, 1.82) is 0 Å². The Morgan fingerprint density at radius 1 is 1.50 bits per heavy atom. The molecule has 0 radical (unpaired) electrons. The number of hydrogen-bond donors (Lipinski definition) is 0. The zero-order valence-corrected chi connectivity index (χ0v) is 8.27. The summed E-state index contributed by atoms with van der Waals surface area (Å²) in [4.78, 5) is 11.1. The Labute approximate surface area is 84.2 Å². The van der Waals surface area contributed by atoms with Gasteiger partial charge in [0.2, 0.25) is 0 Å². The Balaban J connectivity index is 2.54. The van der Waals surface area contributed by atoms with Crippen LogP contribution >= 0.6 is 0 Å². The number of ether oxygens (including phenoxy) is 1. The number of carbonyl (C=O) groups excluding carboxylic acids is 1. The third-order valence-electron chi connectivity index (χ3n) is 1.89. The van der Waals surface area contributed by atoms with Crippen molar-refractivity contribution in [2.45, 2.75) is 19.4 Å². The maximum Gasteiger partial charge on any atom is 0.310 e. The average molecular weight is 190 g/mol. The van der Waals surface area contributed by atoms with Crippen molar-refractivity contribution >= 4 is 5.97 Å². The van der Waals surface area contributed by atoms with Gasteiger partial charge < -0.3 is 4.74 Å². The van der Waals surface area contributed by atoms with Crippen LogP contribution in [0, 0.1) is 0 Å². The minimum absolute atomic E-state index is 0.191. The van der Waals surface area contributed by atoms with E-state index < -0.39 is 0 Å². The van der Waals surface area contributed by atoms with Crippen LogP contribution in [0.3, 0.4) is 0 Å². The van der Waals surface area contributed by atoms with E-state index in [1.165, 1.54) is 0 Å². The van der Waals surface area contributed by atoms with Gasteiger partial charge in [-0.05, 0) is 12.5 Å². The Bertz CT molecular complexity index is 303. The second-order valence-electron chi connectivity index (χ2n) is 3.04. The van der Waals surface area contributed by atoms with Crippen molar-refractivity contribution in [2.75, 3.05) is 0 Å². The maximum absolute atomic E-state index is 11.1. The van der Waals surface area contributed by atoms with E-state index >= 15 is 0 Å². The highest BCUT2D eigenvalue weighted by atomic mass is 16.5. The van der Waals surface area contributed by atoms with Crippen LogP contribution in [0.1, 0.15) is 25.0 Å². The smallest absolute Gasteiger partial charge is 0.310 e. The van der Waals surface area contributed by atoms with E-state index in [1.807, 2.05) is 37.3 Å². The highest BCUT2D eigenvalue weighted by molar-refractivity contribution is 5.71. The van der Waals surface area contributed by atoms with E-state index in [1.54, 1.807) is 6.08 Å². The van der Waals surface area contributed by atoms with Gasteiger partial charge in [0.15, 0.2) is 0 Å². The molecule has 1 aromatic rings. The molecule has 0 saturated heterocycles. The molecule has 0 bridgehead atoms. The summed E-state index contributed by atoms with van der Waals surface area (Å²) in [5, 5.41) is 0. The Morgan fingerprint density at radius 2 is 2.14 bits per heavy atom. The fraction of sp³-hybridized carbons (Fsp3) is 0.250. The summed E-state index contributed by atoms with van der Waals surface area (Å²) in [5.41, 5.74) is 1.00.